The van der Waals surface area contributed by atoms with E-state index in [9.17, 15) is 4.79 Å². The maximum Gasteiger partial charge on any atom is 0.257 e. The van der Waals surface area contributed by atoms with Crippen molar-refractivity contribution in [2.45, 2.75) is 43.6 Å². The van der Waals surface area contributed by atoms with Crippen LogP contribution < -0.4 is 4.90 Å². The van der Waals surface area contributed by atoms with E-state index in [1.54, 1.807) is 18.6 Å². The van der Waals surface area contributed by atoms with Crippen LogP contribution in [0.4, 0.5) is 5.95 Å². The van der Waals surface area contributed by atoms with Crippen LogP contribution in [0.1, 0.15) is 37.3 Å². The number of benzene rings is 1. The zero-order valence-corrected chi connectivity index (χ0v) is 17.1. The Kier molecular flexibility index (Phi) is 4.27. The minimum atomic E-state index is -0.716. The second kappa shape index (κ2) is 7.16. The molecule has 0 bridgehead atoms. The monoisotopic (exact) mass is 417 g/mol. The zero-order chi connectivity index (χ0) is 20.8. The molecular weight excluding hydrogens is 394 g/mol. The van der Waals surface area contributed by atoms with E-state index >= 15 is 0 Å². The summed E-state index contributed by atoms with van der Waals surface area (Å²) in [4.78, 5) is 30.7. The third kappa shape index (κ3) is 3.01. The summed E-state index contributed by atoms with van der Waals surface area (Å²) in [6.07, 6.45) is 9.58. The quantitative estimate of drug-likeness (QED) is 0.647. The van der Waals surface area contributed by atoms with Crippen molar-refractivity contribution in [1.82, 2.24) is 19.9 Å². The molecule has 0 saturated carbocycles. The molecule has 8 nitrogen and oxygen atoms in total. The van der Waals surface area contributed by atoms with Gasteiger partial charge >= 0.3 is 0 Å². The lowest BCUT2D eigenvalue weighted by molar-refractivity contribution is -0.140. The van der Waals surface area contributed by atoms with Gasteiger partial charge < -0.3 is 19.0 Å². The molecule has 31 heavy (non-hydrogen) atoms. The van der Waals surface area contributed by atoms with Crippen LogP contribution >= 0.6 is 0 Å². The first-order chi connectivity index (χ1) is 15.2. The lowest BCUT2D eigenvalue weighted by Gasteiger charge is -2.37. The number of piperidine rings is 1. The van der Waals surface area contributed by atoms with E-state index in [-0.39, 0.29) is 18.2 Å². The minimum Gasteiger partial charge on any atom is -0.444 e. The highest BCUT2D eigenvalue weighted by Gasteiger charge is 2.58. The van der Waals surface area contributed by atoms with Crippen LogP contribution in [-0.4, -0.2) is 50.7 Å². The number of nitrogens with zero attached hydrogens (tertiary/aromatic N) is 5. The molecule has 0 radical (unpaired) electrons. The molecule has 8 heteroatoms. The summed E-state index contributed by atoms with van der Waals surface area (Å²) in [5.41, 5.74) is 1.22. The number of anilines is 1. The van der Waals surface area contributed by atoms with E-state index in [2.05, 4.69) is 32.0 Å². The second-order valence-electron chi connectivity index (χ2n) is 8.38. The second-order valence-corrected chi connectivity index (χ2v) is 8.38. The molecule has 158 valence electrons. The summed E-state index contributed by atoms with van der Waals surface area (Å²) in [7, 11) is 0. The maximum atomic E-state index is 13.5. The zero-order valence-electron chi connectivity index (χ0n) is 17.1. The number of hydrogen-bond acceptors (Lipinski definition) is 7. The Balaban J connectivity index is 1.16. The number of rotatable bonds is 3. The van der Waals surface area contributed by atoms with Crippen molar-refractivity contribution in [3.63, 3.8) is 0 Å². The molecule has 0 aliphatic carbocycles. The molecule has 3 aliphatic heterocycles. The first kappa shape index (κ1) is 18.5. The number of carbonyl (C=O) groups is 1. The fourth-order valence-electron chi connectivity index (χ4n) is 5.08. The lowest BCUT2D eigenvalue weighted by Crippen LogP contribution is -2.50. The highest BCUT2D eigenvalue weighted by atomic mass is 16.6. The number of hydrogen-bond donors (Lipinski definition) is 0. The standard InChI is InChI=1S/C23H23N5O3/c29-21-23(31-19-7-6-18(28(19)21)16-4-2-1-3-5-16)8-11-27(12-9-23)22-25-14-17(15-26-22)20-24-10-13-30-20/h1-5,10,13-15,18-19H,6-9,11-12H2. The molecule has 1 aromatic carbocycles. The summed E-state index contributed by atoms with van der Waals surface area (Å²) in [6, 6.07) is 10.4. The Labute approximate surface area is 179 Å². The predicted molar refractivity (Wildman–Crippen MR) is 112 cm³/mol. The highest BCUT2D eigenvalue weighted by molar-refractivity contribution is 5.88. The van der Waals surface area contributed by atoms with Crippen molar-refractivity contribution < 1.29 is 13.9 Å². The van der Waals surface area contributed by atoms with Crippen LogP contribution in [0.15, 0.2) is 59.6 Å². The van der Waals surface area contributed by atoms with Crippen molar-refractivity contribution in [3.8, 4) is 11.5 Å². The summed E-state index contributed by atoms with van der Waals surface area (Å²) in [5, 5.41) is 0. The van der Waals surface area contributed by atoms with E-state index in [4.69, 9.17) is 9.15 Å². The van der Waals surface area contributed by atoms with Gasteiger partial charge in [0.2, 0.25) is 11.8 Å². The van der Waals surface area contributed by atoms with Crippen molar-refractivity contribution >= 4 is 11.9 Å². The third-order valence-corrected chi connectivity index (χ3v) is 6.67. The number of oxazole rings is 1. The van der Waals surface area contributed by atoms with Gasteiger partial charge in [-0.15, -0.1) is 0 Å². The molecular formula is C23H23N5O3. The molecule has 3 aromatic rings. The van der Waals surface area contributed by atoms with Crippen molar-refractivity contribution in [1.29, 1.82) is 0 Å². The summed E-state index contributed by atoms with van der Waals surface area (Å²) in [5.74, 6) is 1.30. The SMILES string of the molecule is O=C1N2C(CCC2c2ccccc2)OC12CCN(c1ncc(-c3ncco3)cn1)CC2. The van der Waals surface area contributed by atoms with E-state index in [1.165, 1.54) is 11.8 Å². The van der Waals surface area contributed by atoms with Gasteiger partial charge in [-0.05, 0) is 18.4 Å². The Bertz CT molecular complexity index is 1060. The number of aromatic nitrogens is 3. The molecule has 3 saturated heterocycles. The molecule has 0 N–H and O–H groups in total. The van der Waals surface area contributed by atoms with Gasteiger partial charge in [0.05, 0.1) is 17.8 Å². The van der Waals surface area contributed by atoms with Gasteiger partial charge in [-0.1, -0.05) is 30.3 Å². The number of ether oxygens (including phenoxy) is 1. The number of fused-ring (bicyclic) bond motifs is 1. The Hall–Kier alpha value is -3.26. The van der Waals surface area contributed by atoms with Crippen LogP contribution in [0.3, 0.4) is 0 Å². The molecule has 2 atom stereocenters. The number of amides is 1. The topological polar surface area (TPSA) is 84.6 Å². The van der Waals surface area contributed by atoms with Crippen molar-refractivity contribution in [2.75, 3.05) is 18.0 Å². The first-order valence-electron chi connectivity index (χ1n) is 10.8. The van der Waals surface area contributed by atoms with Gasteiger partial charge in [-0.25, -0.2) is 15.0 Å². The predicted octanol–water partition coefficient (Wildman–Crippen LogP) is 3.19. The van der Waals surface area contributed by atoms with Gasteiger partial charge in [0.25, 0.3) is 5.91 Å². The van der Waals surface area contributed by atoms with Crippen LogP contribution in [0.5, 0.6) is 0 Å². The Morgan fingerprint density at radius 2 is 1.77 bits per heavy atom. The first-order valence-corrected chi connectivity index (χ1v) is 10.8. The average Bonchev–Trinajstić information content (AvgIpc) is 3.55. The van der Waals surface area contributed by atoms with Gasteiger partial charge in [0, 0.05) is 38.3 Å². The lowest BCUT2D eigenvalue weighted by atomic mass is 9.89. The van der Waals surface area contributed by atoms with E-state index in [0.717, 1.165) is 18.4 Å². The molecule has 2 unspecified atom stereocenters. The van der Waals surface area contributed by atoms with Crippen molar-refractivity contribution in [3.05, 3.63) is 60.7 Å². The normalized spacial score (nSPS) is 24.7. The van der Waals surface area contributed by atoms with Gasteiger partial charge in [-0.2, -0.15) is 0 Å². The fraction of sp³-hybridized carbons (Fsp3) is 0.391. The van der Waals surface area contributed by atoms with Gasteiger partial charge in [0.1, 0.15) is 12.5 Å². The Morgan fingerprint density at radius 3 is 2.48 bits per heavy atom. The van der Waals surface area contributed by atoms with Crippen LogP contribution in [-0.2, 0) is 9.53 Å². The van der Waals surface area contributed by atoms with E-state index in [0.29, 0.717) is 37.8 Å². The summed E-state index contributed by atoms with van der Waals surface area (Å²) >= 11 is 0. The van der Waals surface area contributed by atoms with E-state index in [1.807, 2.05) is 23.1 Å². The van der Waals surface area contributed by atoms with Crippen LogP contribution in [0.25, 0.3) is 11.5 Å². The van der Waals surface area contributed by atoms with Crippen molar-refractivity contribution in [2.24, 2.45) is 0 Å². The average molecular weight is 417 g/mol. The highest BCUT2D eigenvalue weighted by Crippen LogP contribution is 2.47. The molecule has 6 rings (SSSR count). The maximum absolute atomic E-state index is 13.5. The minimum absolute atomic E-state index is 0.111. The molecule has 2 aromatic heterocycles. The summed E-state index contributed by atoms with van der Waals surface area (Å²) < 4.78 is 11.7. The molecule has 1 spiro atoms. The third-order valence-electron chi connectivity index (χ3n) is 6.67. The molecule has 3 fully saturated rings. The van der Waals surface area contributed by atoms with Gasteiger partial charge in [-0.3, -0.25) is 4.79 Å². The molecule has 5 heterocycles. The summed E-state index contributed by atoms with van der Waals surface area (Å²) in [6.45, 7) is 1.36. The fourth-order valence-corrected chi connectivity index (χ4v) is 5.08. The molecule has 1 amide bonds. The van der Waals surface area contributed by atoms with E-state index < -0.39 is 5.60 Å². The van der Waals surface area contributed by atoms with Crippen LogP contribution in [0.2, 0.25) is 0 Å². The Morgan fingerprint density at radius 1 is 1.00 bits per heavy atom. The van der Waals surface area contributed by atoms with Gasteiger partial charge in [0.15, 0.2) is 5.60 Å². The van der Waals surface area contributed by atoms with Crippen LogP contribution in [0, 0.1) is 0 Å². The smallest absolute Gasteiger partial charge is 0.257 e. The number of carbonyl (C=O) groups excluding carboxylic acids is 1. The molecule has 3 aliphatic rings. The largest absolute Gasteiger partial charge is 0.444 e.